The van der Waals surface area contributed by atoms with E-state index in [-0.39, 0.29) is 5.28 Å². The summed E-state index contributed by atoms with van der Waals surface area (Å²) in [7, 11) is 0. The highest BCUT2D eigenvalue weighted by Crippen LogP contribution is 2.18. The molecule has 1 aromatic carbocycles. The number of nitrogens with zero attached hydrogens (tertiary/aromatic N) is 5. The molecule has 0 aliphatic carbocycles. The number of nitrogens with one attached hydrogen (secondary N) is 1. The lowest BCUT2D eigenvalue weighted by Crippen LogP contribution is -2.10. The first-order valence-corrected chi connectivity index (χ1v) is 7.70. The standard InChI is InChI=1S/C16H12ClN7O/c17-15-21-13-2-1-7-24(13)16(22-15)20-12-8-23(9-19-12)11-5-3-10(4-6-11)14(18)25/h1-9H,(H2,18,25)(H,20,21,22). The van der Waals surface area contributed by atoms with Crippen LogP contribution in [0.3, 0.4) is 0 Å². The van der Waals surface area contributed by atoms with Crippen LogP contribution in [0, 0.1) is 0 Å². The van der Waals surface area contributed by atoms with Crippen LogP contribution in [-0.4, -0.2) is 29.8 Å². The first-order valence-electron chi connectivity index (χ1n) is 7.32. The van der Waals surface area contributed by atoms with Gasteiger partial charge in [-0.15, -0.1) is 0 Å². The van der Waals surface area contributed by atoms with Gasteiger partial charge in [0.25, 0.3) is 0 Å². The van der Waals surface area contributed by atoms with Crippen LogP contribution < -0.4 is 11.1 Å². The highest BCUT2D eigenvalue weighted by atomic mass is 35.5. The van der Waals surface area contributed by atoms with Gasteiger partial charge < -0.3 is 15.6 Å². The molecule has 4 aromatic rings. The van der Waals surface area contributed by atoms with Crippen molar-refractivity contribution in [2.45, 2.75) is 0 Å². The first-order chi connectivity index (χ1) is 12.1. The van der Waals surface area contributed by atoms with Gasteiger partial charge in [-0.25, -0.2) is 4.98 Å². The third-order valence-corrected chi connectivity index (χ3v) is 3.80. The molecular weight excluding hydrogens is 342 g/mol. The molecule has 25 heavy (non-hydrogen) atoms. The Labute approximate surface area is 146 Å². The van der Waals surface area contributed by atoms with Gasteiger partial charge in [-0.3, -0.25) is 9.20 Å². The van der Waals surface area contributed by atoms with Crippen LogP contribution in [0.1, 0.15) is 10.4 Å². The number of anilines is 2. The fourth-order valence-electron chi connectivity index (χ4n) is 2.43. The number of primary amides is 1. The molecule has 1 amide bonds. The topological polar surface area (TPSA) is 103 Å². The predicted molar refractivity (Wildman–Crippen MR) is 93.4 cm³/mol. The zero-order valence-electron chi connectivity index (χ0n) is 12.8. The quantitative estimate of drug-likeness (QED) is 0.586. The summed E-state index contributed by atoms with van der Waals surface area (Å²) in [5.41, 5.74) is 7.23. The van der Waals surface area contributed by atoms with E-state index in [2.05, 4.69) is 20.3 Å². The number of hydrogen-bond donors (Lipinski definition) is 2. The van der Waals surface area contributed by atoms with E-state index in [0.717, 1.165) is 5.69 Å². The molecule has 0 saturated carbocycles. The van der Waals surface area contributed by atoms with Gasteiger partial charge in [0.2, 0.25) is 17.1 Å². The summed E-state index contributed by atoms with van der Waals surface area (Å²) in [6.45, 7) is 0. The van der Waals surface area contributed by atoms with Gasteiger partial charge in [0.15, 0.2) is 5.82 Å². The molecule has 0 bridgehead atoms. The average molecular weight is 354 g/mol. The predicted octanol–water partition coefficient (Wildman–Crippen LogP) is 2.41. The third-order valence-electron chi connectivity index (χ3n) is 3.63. The smallest absolute Gasteiger partial charge is 0.248 e. The SMILES string of the molecule is NC(=O)c1ccc(-n2cnc(Nc3nc(Cl)nc4cccn34)c2)cc1. The Morgan fingerprint density at radius 1 is 1.16 bits per heavy atom. The highest BCUT2D eigenvalue weighted by molar-refractivity contribution is 6.28. The second kappa shape index (κ2) is 5.91. The molecule has 0 radical (unpaired) electrons. The number of hydrogen-bond acceptors (Lipinski definition) is 5. The lowest BCUT2D eigenvalue weighted by Gasteiger charge is -2.06. The molecule has 0 saturated heterocycles. The average Bonchev–Trinajstić information content (AvgIpc) is 3.24. The van der Waals surface area contributed by atoms with E-state index >= 15 is 0 Å². The fourth-order valence-corrected chi connectivity index (χ4v) is 2.60. The van der Waals surface area contributed by atoms with Gasteiger partial charge in [-0.2, -0.15) is 9.97 Å². The van der Waals surface area contributed by atoms with Gasteiger partial charge in [0.1, 0.15) is 12.0 Å². The summed E-state index contributed by atoms with van der Waals surface area (Å²) in [6.07, 6.45) is 5.27. The van der Waals surface area contributed by atoms with Crippen molar-refractivity contribution in [1.82, 2.24) is 23.9 Å². The number of imidazole rings is 1. The number of nitrogens with two attached hydrogens (primary N) is 1. The van der Waals surface area contributed by atoms with E-state index in [0.29, 0.717) is 23.0 Å². The Balaban J connectivity index is 1.62. The Kier molecular flexibility index (Phi) is 3.58. The van der Waals surface area contributed by atoms with E-state index in [4.69, 9.17) is 17.3 Å². The summed E-state index contributed by atoms with van der Waals surface area (Å²) in [6, 6.07) is 10.6. The van der Waals surface area contributed by atoms with Crippen LogP contribution in [-0.2, 0) is 0 Å². The van der Waals surface area contributed by atoms with Crippen molar-refractivity contribution in [2.24, 2.45) is 5.73 Å². The molecule has 3 heterocycles. The van der Waals surface area contributed by atoms with Crippen molar-refractivity contribution in [2.75, 3.05) is 5.32 Å². The summed E-state index contributed by atoms with van der Waals surface area (Å²) in [5, 5.41) is 3.26. The Bertz CT molecular complexity index is 1070. The second-order valence-corrected chi connectivity index (χ2v) is 5.59. The molecule has 3 N–H and O–H groups in total. The Hall–Kier alpha value is -3.39. The number of aromatic nitrogens is 5. The van der Waals surface area contributed by atoms with Crippen molar-refractivity contribution in [3.63, 3.8) is 0 Å². The summed E-state index contributed by atoms with van der Waals surface area (Å²) in [4.78, 5) is 23.8. The maximum Gasteiger partial charge on any atom is 0.248 e. The van der Waals surface area contributed by atoms with Crippen LogP contribution in [0.2, 0.25) is 5.28 Å². The molecule has 3 aromatic heterocycles. The molecule has 0 aliphatic heterocycles. The van der Waals surface area contributed by atoms with Crippen molar-refractivity contribution >= 4 is 34.9 Å². The molecule has 0 spiro atoms. The second-order valence-electron chi connectivity index (χ2n) is 5.25. The van der Waals surface area contributed by atoms with Crippen molar-refractivity contribution in [1.29, 1.82) is 0 Å². The number of halogens is 1. The minimum atomic E-state index is -0.462. The van der Waals surface area contributed by atoms with Gasteiger partial charge in [-0.1, -0.05) is 0 Å². The zero-order chi connectivity index (χ0) is 17.4. The van der Waals surface area contributed by atoms with E-state index in [1.165, 1.54) is 0 Å². The van der Waals surface area contributed by atoms with Gasteiger partial charge in [-0.05, 0) is 48.0 Å². The van der Waals surface area contributed by atoms with Gasteiger partial charge >= 0.3 is 0 Å². The number of carbonyl (C=O) groups is 1. The minimum absolute atomic E-state index is 0.148. The molecule has 124 valence electrons. The fraction of sp³-hybridized carbons (Fsp3) is 0. The number of rotatable bonds is 4. The van der Waals surface area contributed by atoms with Crippen LogP contribution in [0.15, 0.2) is 55.1 Å². The molecule has 9 heteroatoms. The van der Waals surface area contributed by atoms with Crippen LogP contribution >= 0.6 is 11.6 Å². The maximum atomic E-state index is 11.1. The number of fused-ring (bicyclic) bond motifs is 1. The normalized spacial score (nSPS) is 10.9. The molecule has 0 atom stereocenters. The van der Waals surface area contributed by atoms with Crippen LogP contribution in [0.4, 0.5) is 11.8 Å². The molecule has 0 fully saturated rings. The maximum absolute atomic E-state index is 11.1. The lowest BCUT2D eigenvalue weighted by atomic mass is 10.2. The summed E-state index contributed by atoms with van der Waals surface area (Å²) in [5.74, 6) is 0.633. The molecule has 8 nitrogen and oxygen atoms in total. The van der Waals surface area contributed by atoms with Crippen molar-refractivity contribution in [3.05, 3.63) is 66.0 Å². The molecule has 0 aliphatic rings. The van der Waals surface area contributed by atoms with E-state index < -0.39 is 5.91 Å². The number of benzene rings is 1. The molecular formula is C16H12ClN7O. The van der Waals surface area contributed by atoms with Crippen molar-refractivity contribution in [3.8, 4) is 5.69 Å². The summed E-state index contributed by atoms with van der Waals surface area (Å²) < 4.78 is 3.58. The Morgan fingerprint density at radius 3 is 2.72 bits per heavy atom. The number of carbonyl (C=O) groups excluding carboxylic acids is 1. The van der Waals surface area contributed by atoms with Crippen LogP contribution in [0.5, 0.6) is 0 Å². The van der Waals surface area contributed by atoms with E-state index in [9.17, 15) is 4.79 Å². The lowest BCUT2D eigenvalue weighted by molar-refractivity contribution is 0.100. The number of amides is 1. The zero-order valence-corrected chi connectivity index (χ0v) is 13.6. The van der Waals surface area contributed by atoms with Crippen molar-refractivity contribution < 1.29 is 4.79 Å². The Morgan fingerprint density at radius 2 is 1.96 bits per heavy atom. The third kappa shape index (κ3) is 2.90. The van der Waals surface area contributed by atoms with Gasteiger partial charge in [0, 0.05) is 17.4 Å². The summed E-state index contributed by atoms with van der Waals surface area (Å²) >= 11 is 5.95. The minimum Gasteiger partial charge on any atom is -0.366 e. The van der Waals surface area contributed by atoms with Crippen LogP contribution in [0.25, 0.3) is 11.3 Å². The molecule has 0 unspecified atom stereocenters. The molecule has 4 rings (SSSR count). The monoisotopic (exact) mass is 353 g/mol. The van der Waals surface area contributed by atoms with E-state index in [1.807, 2.05) is 22.9 Å². The first kappa shape index (κ1) is 15.2. The van der Waals surface area contributed by atoms with Gasteiger partial charge in [0.05, 0.1) is 6.20 Å². The highest BCUT2D eigenvalue weighted by Gasteiger charge is 2.08. The van der Waals surface area contributed by atoms with E-state index in [1.54, 1.807) is 41.2 Å². The largest absolute Gasteiger partial charge is 0.366 e.